The van der Waals surface area contributed by atoms with E-state index in [-0.39, 0.29) is 11.9 Å². The van der Waals surface area contributed by atoms with E-state index in [4.69, 9.17) is 4.42 Å². The number of hydrogen-bond acceptors (Lipinski definition) is 3. The number of rotatable bonds is 5. The SMILES string of the molecule is CCc1ccc(-c2ccc(C(=O)N3CCCC3CNC)o2)cc1. The van der Waals surface area contributed by atoms with Crippen LogP contribution < -0.4 is 5.32 Å². The number of likely N-dealkylation sites (tertiary alicyclic amines) is 1. The van der Waals surface area contributed by atoms with Crippen LogP contribution in [0.1, 0.15) is 35.9 Å². The Morgan fingerprint density at radius 2 is 2.04 bits per heavy atom. The minimum absolute atomic E-state index is 0.000761. The van der Waals surface area contributed by atoms with Gasteiger partial charge in [-0.25, -0.2) is 0 Å². The standard InChI is InChI=1S/C19H24N2O2/c1-3-14-6-8-15(9-7-14)17-10-11-18(23-17)19(22)21-12-4-5-16(21)13-20-2/h6-11,16,20H,3-5,12-13H2,1-2H3. The van der Waals surface area contributed by atoms with E-state index in [9.17, 15) is 4.79 Å². The average Bonchev–Trinajstić information content (AvgIpc) is 3.24. The van der Waals surface area contributed by atoms with Crippen molar-refractivity contribution in [2.45, 2.75) is 32.2 Å². The summed E-state index contributed by atoms with van der Waals surface area (Å²) in [6.07, 6.45) is 3.13. The molecule has 1 N–H and O–H groups in total. The van der Waals surface area contributed by atoms with Gasteiger partial charge in [-0.3, -0.25) is 4.79 Å². The summed E-state index contributed by atoms with van der Waals surface area (Å²) in [5, 5.41) is 3.16. The number of carbonyl (C=O) groups is 1. The van der Waals surface area contributed by atoms with Crippen LogP contribution in [0.25, 0.3) is 11.3 Å². The average molecular weight is 312 g/mol. The molecule has 1 aromatic heterocycles. The van der Waals surface area contributed by atoms with Crippen LogP contribution in [0.5, 0.6) is 0 Å². The zero-order valence-corrected chi connectivity index (χ0v) is 13.8. The van der Waals surface area contributed by atoms with Crippen molar-refractivity contribution in [2.75, 3.05) is 20.1 Å². The van der Waals surface area contributed by atoms with E-state index in [0.717, 1.165) is 43.7 Å². The Labute approximate surface area is 137 Å². The molecule has 1 aliphatic heterocycles. The Hall–Kier alpha value is -2.07. The normalized spacial score (nSPS) is 17.7. The second kappa shape index (κ2) is 7.01. The first kappa shape index (κ1) is 15.8. The highest BCUT2D eigenvalue weighted by atomic mass is 16.4. The Bertz CT molecular complexity index is 660. The third-order valence-corrected chi connectivity index (χ3v) is 4.54. The number of carbonyl (C=O) groups excluding carboxylic acids is 1. The minimum atomic E-state index is -0.000761. The van der Waals surface area contributed by atoms with Gasteiger partial charge in [0.2, 0.25) is 0 Å². The quantitative estimate of drug-likeness (QED) is 0.921. The molecule has 1 atom stereocenters. The van der Waals surface area contributed by atoms with Crippen LogP contribution in [-0.4, -0.2) is 37.0 Å². The molecule has 1 amide bonds. The highest BCUT2D eigenvalue weighted by Crippen LogP contribution is 2.25. The van der Waals surface area contributed by atoms with Gasteiger partial charge in [0.15, 0.2) is 5.76 Å². The zero-order chi connectivity index (χ0) is 16.2. The zero-order valence-electron chi connectivity index (χ0n) is 13.8. The van der Waals surface area contributed by atoms with Gasteiger partial charge < -0.3 is 14.6 Å². The van der Waals surface area contributed by atoms with Gasteiger partial charge in [-0.1, -0.05) is 31.2 Å². The maximum atomic E-state index is 12.7. The molecular formula is C19H24N2O2. The minimum Gasteiger partial charge on any atom is -0.451 e. The maximum absolute atomic E-state index is 12.7. The van der Waals surface area contributed by atoms with Crippen molar-refractivity contribution in [1.29, 1.82) is 0 Å². The summed E-state index contributed by atoms with van der Waals surface area (Å²) in [6, 6.07) is 12.2. The van der Waals surface area contributed by atoms with Crippen molar-refractivity contribution in [3.63, 3.8) is 0 Å². The first-order chi connectivity index (χ1) is 11.2. The fourth-order valence-corrected chi connectivity index (χ4v) is 3.21. The molecule has 1 aliphatic rings. The van der Waals surface area contributed by atoms with E-state index in [1.807, 2.05) is 30.1 Å². The number of benzene rings is 1. The number of nitrogens with one attached hydrogen (secondary N) is 1. The molecular weight excluding hydrogens is 288 g/mol. The monoisotopic (exact) mass is 312 g/mol. The molecule has 2 heterocycles. The molecule has 1 fully saturated rings. The van der Waals surface area contributed by atoms with Gasteiger partial charge in [-0.2, -0.15) is 0 Å². The van der Waals surface area contributed by atoms with Crippen LogP contribution in [0.15, 0.2) is 40.8 Å². The number of nitrogens with zero attached hydrogens (tertiary/aromatic N) is 1. The first-order valence-corrected chi connectivity index (χ1v) is 8.37. The van der Waals surface area contributed by atoms with Gasteiger partial charge in [0, 0.05) is 24.7 Å². The van der Waals surface area contributed by atoms with Gasteiger partial charge in [0.25, 0.3) is 5.91 Å². The molecule has 0 bridgehead atoms. The van der Waals surface area contributed by atoms with Gasteiger partial charge in [-0.05, 0) is 44.0 Å². The molecule has 0 saturated carbocycles. The lowest BCUT2D eigenvalue weighted by molar-refractivity contribution is 0.0705. The molecule has 0 radical (unpaired) electrons. The molecule has 0 aliphatic carbocycles. The van der Waals surface area contributed by atoms with Crippen molar-refractivity contribution < 1.29 is 9.21 Å². The lowest BCUT2D eigenvalue weighted by Gasteiger charge is -2.23. The molecule has 0 spiro atoms. The van der Waals surface area contributed by atoms with Crippen molar-refractivity contribution in [1.82, 2.24) is 10.2 Å². The summed E-state index contributed by atoms with van der Waals surface area (Å²) < 4.78 is 5.83. The predicted molar refractivity (Wildman–Crippen MR) is 91.5 cm³/mol. The second-order valence-electron chi connectivity index (χ2n) is 6.07. The van der Waals surface area contributed by atoms with Crippen LogP contribution in [0, 0.1) is 0 Å². The van der Waals surface area contributed by atoms with Crippen LogP contribution in [0.4, 0.5) is 0 Å². The highest BCUT2D eigenvalue weighted by molar-refractivity contribution is 5.92. The summed E-state index contributed by atoms with van der Waals surface area (Å²) in [5.74, 6) is 1.18. The Morgan fingerprint density at radius 1 is 1.26 bits per heavy atom. The van der Waals surface area contributed by atoms with Crippen LogP contribution >= 0.6 is 0 Å². The Morgan fingerprint density at radius 3 is 2.74 bits per heavy atom. The van der Waals surface area contributed by atoms with Crippen molar-refractivity contribution >= 4 is 5.91 Å². The van der Waals surface area contributed by atoms with E-state index in [1.165, 1.54) is 5.56 Å². The van der Waals surface area contributed by atoms with Crippen molar-refractivity contribution in [2.24, 2.45) is 0 Å². The maximum Gasteiger partial charge on any atom is 0.289 e. The molecule has 122 valence electrons. The summed E-state index contributed by atoms with van der Waals surface area (Å²) in [4.78, 5) is 14.6. The molecule has 1 saturated heterocycles. The molecule has 1 aromatic carbocycles. The number of furan rings is 1. The number of likely N-dealkylation sites (N-methyl/N-ethyl adjacent to an activating group) is 1. The fraction of sp³-hybridized carbons (Fsp3) is 0.421. The largest absolute Gasteiger partial charge is 0.451 e. The van der Waals surface area contributed by atoms with Gasteiger partial charge in [0.05, 0.1) is 0 Å². The lowest BCUT2D eigenvalue weighted by Crippen LogP contribution is -2.40. The van der Waals surface area contributed by atoms with Crippen LogP contribution in [-0.2, 0) is 6.42 Å². The van der Waals surface area contributed by atoms with Crippen LogP contribution in [0.3, 0.4) is 0 Å². The predicted octanol–water partition coefficient (Wildman–Crippen LogP) is 3.33. The van der Waals surface area contributed by atoms with Gasteiger partial charge in [-0.15, -0.1) is 0 Å². The third-order valence-electron chi connectivity index (χ3n) is 4.54. The highest BCUT2D eigenvalue weighted by Gasteiger charge is 2.30. The Kier molecular flexibility index (Phi) is 4.82. The van der Waals surface area contributed by atoms with E-state index in [2.05, 4.69) is 24.4 Å². The molecule has 1 unspecified atom stereocenters. The molecule has 3 rings (SSSR count). The lowest BCUT2D eigenvalue weighted by atomic mass is 10.1. The van der Waals surface area contributed by atoms with E-state index < -0.39 is 0 Å². The molecule has 23 heavy (non-hydrogen) atoms. The van der Waals surface area contributed by atoms with E-state index >= 15 is 0 Å². The van der Waals surface area contributed by atoms with E-state index in [0.29, 0.717) is 5.76 Å². The van der Waals surface area contributed by atoms with Crippen molar-refractivity contribution in [3.05, 3.63) is 47.7 Å². The fourth-order valence-electron chi connectivity index (χ4n) is 3.21. The third kappa shape index (κ3) is 3.32. The van der Waals surface area contributed by atoms with Crippen molar-refractivity contribution in [3.8, 4) is 11.3 Å². The second-order valence-corrected chi connectivity index (χ2v) is 6.07. The summed E-state index contributed by atoms with van der Waals surface area (Å²) in [5.41, 5.74) is 2.30. The number of aryl methyl sites for hydroxylation is 1. The Balaban J connectivity index is 1.76. The van der Waals surface area contributed by atoms with E-state index in [1.54, 1.807) is 6.07 Å². The van der Waals surface area contributed by atoms with Gasteiger partial charge >= 0.3 is 0 Å². The van der Waals surface area contributed by atoms with Crippen LogP contribution in [0.2, 0.25) is 0 Å². The molecule has 4 heteroatoms. The number of amides is 1. The summed E-state index contributed by atoms with van der Waals surface area (Å²) in [7, 11) is 1.92. The van der Waals surface area contributed by atoms with Gasteiger partial charge in [0.1, 0.15) is 5.76 Å². The summed E-state index contributed by atoms with van der Waals surface area (Å²) in [6.45, 7) is 3.78. The first-order valence-electron chi connectivity index (χ1n) is 8.37. The summed E-state index contributed by atoms with van der Waals surface area (Å²) >= 11 is 0. The smallest absolute Gasteiger partial charge is 0.289 e. The molecule has 2 aromatic rings. The number of hydrogen-bond donors (Lipinski definition) is 1. The topological polar surface area (TPSA) is 45.5 Å². The molecule has 4 nitrogen and oxygen atoms in total.